The van der Waals surface area contributed by atoms with E-state index in [4.69, 9.17) is 4.74 Å². The minimum absolute atomic E-state index is 0.0268. The number of hydrogen-bond acceptors (Lipinski definition) is 3. The van der Waals surface area contributed by atoms with E-state index in [0.29, 0.717) is 26.2 Å². The Bertz CT molecular complexity index is 546. The van der Waals surface area contributed by atoms with Gasteiger partial charge in [-0.2, -0.15) is 0 Å². The molecule has 0 aliphatic carbocycles. The van der Waals surface area contributed by atoms with Crippen LogP contribution in [0.25, 0.3) is 6.08 Å². The van der Waals surface area contributed by atoms with Crippen LogP contribution >= 0.6 is 0 Å². The van der Waals surface area contributed by atoms with Crippen LogP contribution in [0.2, 0.25) is 0 Å². The summed E-state index contributed by atoms with van der Waals surface area (Å²) < 4.78 is 5.15. The van der Waals surface area contributed by atoms with E-state index in [-0.39, 0.29) is 11.8 Å². The monoisotopic (exact) mass is 288 g/mol. The van der Waals surface area contributed by atoms with Gasteiger partial charge in [-0.25, -0.2) is 0 Å². The standard InChI is InChI=1S/C16H20N2O3/c1-13(19)17-8-10-18(11-9-17)16(20)7-6-14-4-3-5-15(12-14)21-2/h3-7,12H,8-11H2,1-2H3/b7-6+. The van der Waals surface area contributed by atoms with Crippen molar-refractivity contribution in [1.29, 1.82) is 0 Å². The second kappa shape index (κ2) is 6.92. The van der Waals surface area contributed by atoms with E-state index < -0.39 is 0 Å². The fourth-order valence-electron chi connectivity index (χ4n) is 2.26. The number of rotatable bonds is 3. The average molecular weight is 288 g/mol. The van der Waals surface area contributed by atoms with Crippen molar-refractivity contribution < 1.29 is 14.3 Å². The van der Waals surface area contributed by atoms with E-state index in [1.54, 1.807) is 36.0 Å². The molecule has 2 amide bonds. The second-order valence-electron chi connectivity index (χ2n) is 4.94. The summed E-state index contributed by atoms with van der Waals surface area (Å²) in [7, 11) is 1.61. The van der Waals surface area contributed by atoms with Crippen molar-refractivity contribution in [2.75, 3.05) is 33.3 Å². The van der Waals surface area contributed by atoms with E-state index in [1.165, 1.54) is 0 Å². The molecule has 0 aromatic heterocycles. The number of methoxy groups -OCH3 is 1. The topological polar surface area (TPSA) is 49.9 Å². The Morgan fingerprint density at radius 1 is 1.14 bits per heavy atom. The van der Waals surface area contributed by atoms with Gasteiger partial charge in [0.05, 0.1) is 7.11 Å². The molecule has 1 fully saturated rings. The molecule has 1 aromatic carbocycles. The Balaban J connectivity index is 1.92. The molecule has 0 N–H and O–H groups in total. The lowest BCUT2D eigenvalue weighted by atomic mass is 10.2. The Morgan fingerprint density at radius 3 is 2.43 bits per heavy atom. The second-order valence-corrected chi connectivity index (χ2v) is 4.94. The normalized spacial score (nSPS) is 15.3. The van der Waals surface area contributed by atoms with Crippen molar-refractivity contribution in [2.24, 2.45) is 0 Å². The van der Waals surface area contributed by atoms with Gasteiger partial charge in [0.1, 0.15) is 5.75 Å². The zero-order chi connectivity index (χ0) is 15.2. The van der Waals surface area contributed by atoms with Crippen LogP contribution in [0.15, 0.2) is 30.3 Å². The lowest BCUT2D eigenvalue weighted by Gasteiger charge is -2.33. The Kier molecular flexibility index (Phi) is 4.98. The summed E-state index contributed by atoms with van der Waals surface area (Å²) in [5, 5.41) is 0. The third-order valence-corrected chi connectivity index (χ3v) is 3.55. The zero-order valence-electron chi connectivity index (χ0n) is 12.4. The molecule has 0 atom stereocenters. The Labute approximate surface area is 124 Å². The molecule has 0 radical (unpaired) electrons. The Morgan fingerprint density at radius 2 is 1.81 bits per heavy atom. The highest BCUT2D eigenvalue weighted by Gasteiger charge is 2.20. The number of benzene rings is 1. The van der Waals surface area contributed by atoms with Crippen LogP contribution < -0.4 is 4.74 Å². The smallest absolute Gasteiger partial charge is 0.246 e. The molecule has 1 aliphatic rings. The maximum absolute atomic E-state index is 12.1. The van der Waals surface area contributed by atoms with Crippen LogP contribution in [-0.2, 0) is 9.59 Å². The van der Waals surface area contributed by atoms with Crippen molar-refractivity contribution in [3.63, 3.8) is 0 Å². The van der Waals surface area contributed by atoms with E-state index in [9.17, 15) is 9.59 Å². The molecule has 1 aromatic rings. The lowest BCUT2D eigenvalue weighted by molar-refractivity contribution is -0.135. The van der Waals surface area contributed by atoms with Crippen molar-refractivity contribution in [3.8, 4) is 5.75 Å². The van der Waals surface area contributed by atoms with Gasteiger partial charge in [-0.05, 0) is 23.8 Å². The molecule has 21 heavy (non-hydrogen) atoms. The van der Waals surface area contributed by atoms with E-state index in [2.05, 4.69) is 0 Å². The first-order valence-corrected chi connectivity index (χ1v) is 6.96. The summed E-state index contributed by atoms with van der Waals surface area (Å²) in [6.45, 7) is 3.93. The molecular formula is C16H20N2O3. The highest BCUT2D eigenvalue weighted by atomic mass is 16.5. The quantitative estimate of drug-likeness (QED) is 0.790. The maximum Gasteiger partial charge on any atom is 0.246 e. The lowest BCUT2D eigenvalue weighted by Crippen LogP contribution is -2.49. The third-order valence-electron chi connectivity index (χ3n) is 3.55. The minimum Gasteiger partial charge on any atom is -0.497 e. The molecule has 0 unspecified atom stereocenters. The molecule has 1 saturated heterocycles. The van der Waals surface area contributed by atoms with Crippen LogP contribution in [0.3, 0.4) is 0 Å². The highest BCUT2D eigenvalue weighted by Crippen LogP contribution is 2.14. The van der Waals surface area contributed by atoms with Crippen molar-refractivity contribution in [3.05, 3.63) is 35.9 Å². The molecule has 0 saturated carbocycles. The van der Waals surface area contributed by atoms with Gasteiger partial charge < -0.3 is 14.5 Å². The molecule has 1 aliphatic heterocycles. The van der Waals surface area contributed by atoms with Gasteiger partial charge in [0.2, 0.25) is 11.8 Å². The predicted octanol–water partition coefficient (Wildman–Crippen LogP) is 1.40. The van der Waals surface area contributed by atoms with Gasteiger partial charge >= 0.3 is 0 Å². The molecule has 0 spiro atoms. The largest absolute Gasteiger partial charge is 0.497 e. The molecule has 0 bridgehead atoms. The summed E-state index contributed by atoms with van der Waals surface area (Å²) in [5.41, 5.74) is 0.921. The van der Waals surface area contributed by atoms with Gasteiger partial charge in [0.25, 0.3) is 0 Å². The number of carbonyl (C=O) groups is 2. The van der Waals surface area contributed by atoms with Crippen molar-refractivity contribution >= 4 is 17.9 Å². The maximum atomic E-state index is 12.1. The van der Waals surface area contributed by atoms with Crippen LogP contribution in [-0.4, -0.2) is 54.9 Å². The summed E-state index contributed by atoms with van der Waals surface area (Å²) in [6.07, 6.45) is 3.35. The van der Waals surface area contributed by atoms with Crippen LogP contribution in [0.1, 0.15) is 12.5 Å². The fraction of sp³-hybridized carbons (Fsp3) is 0.375. The number of amides is 2. The first-order chi connectivity index (χ1) is 10.1. The molecule has 5 heteroatoms. The average Bonchev–Trinajstić information content (AvgIpc) is 2.53. The zero-order valence-corrected chi connectivity index (χ0v) is 12.4. The number of ether oxygens (including phenoxy) is 1. The molecular weight excluding hydrogens is 268 g/mol. The predicted molar refractivity (Wildman–Crippen MR) is 80.9 cm³/mol. The number of piperazine rings is 1. The van der Waals surface area contributed by atoms with Gasteiger partial charge in [0, 0.05) is 39.2 Å². The van der Waals surface area contributed by atoms with Gasteiger partial charge in [-0.1, -0.05) is 12.1 Å². The SMILES string of the molecule is COc1cccc(/C=C/C(=O)N2CCN(C(C)=O)CC2)c1. The molecule has 1 heterocycles. The van der Waals surface area contributed by atoms with Crippen LogP contribution in [0.4, 0.5) is 0 Å². The van der Waals surface area contributed by atoms with Crippen molar-refractivity contribution in [1.82, 2.24) is 9.80 Å². The minimum atomic E-state index is -0.0268. The van der Waals surface area contributed by atoms with Gasteiger partial charge in [0.15, 0.2) is 0 Å². The number of hydrogen-bond donors (Lipinski definition) is 0. The number of nitrogens with zero attached hydrogens (tertiary/aromatic N) is 2. The summed E-state index contributed by atoms with van der Waals surface area (Å²) in [5.74, 6) is 0.801. The first kappa shape index (κ1) is 15.1. The summed E-state index contributed by atoms with van der Waals surface area (Å²) in [4.78, 5) is 26.9. The number of carbonyl (C=O) groups excluding carboxylic acids is 2. The van der Waals surface area contributed by atoms with Crippen LogP contribution in [0.5, 0.6) is 5.75 Å². The molecule has 5 nitrogen and oxygen atoms in total. The summed E-state index contributed by atoms with van der Waals surface area (Å²) >= 11 is 0. The van der Waals surface area contributed by atoms with Gasteiger partial charge in [-0.3, -0.25) is 9.59 Å². The van der Waals surface area contributed by atoms with E-state index in [0.717, 1.165) is 11.3 Å². The Hall–Kier alpha value is -2.30. The molecule has 112 valence electrons. The third kappa shape index (κ3) is 4.08. The van der Waals surface area contributed by atoms with E-state index >= 15 is 0 Å². The molecule has 2 rings (SSSR count). The van der Waals surface area contributed by atoms with Crippen LogP contribution in [0, 0.1) is 0 Å². The summed E-state index contributed by atoms with van der Waals surface area (Å²) in [6, 6.07) is 7.53. The van der Waals surface area contributed by atoms with Gasteiger partial charge in [-0.15, -0.1) is 0 Å². The van der Waals surface area contributed by atoms with Crippen molar-refractivity contribution in [2.45, 2.75) is 6.92 Å². The fourth-order valence-corrected chi connectivity index (χ4v) is 2.26. The van der Waals surface area contributed by atoms with E-state index in [1.807, 2.05) is 24.3 Å². The first-order valence-electron chi connectivity index (χ1n) is 6.96. The highest BCUT2D eigenvalue weighted by molar-refractivity contribution is 5.92.